The topological polar surface area (TPSA) is 90.3 Å². The van der Waals surface area contributed by atoms with Gasteiger partial charge >= 0.3 is 0 Å². The first-order valence-electron chi connectivity index (χ1n) is 12.1. The molecule has 7 nitrogen and oxygen atoms in total. The van der Waals surface area contributed by atoms with E-state index in [9.17, 15) is 13.2 Å². The number of hydrogen-bond donors (Lipinski definition) is 1. The molecule has 1 aromatic heterocycles. The lowest BCUT2D eigenvalue weighted by Crippen LogP contribution is -2.29. The van der Waals surface area contributed by atoms with Crippen molar-refractivity contribution in [3.63, 3.8) is 0 Å². The molecule has 194 valence electrons. The Labute approximate surface area is 222 Å². The van der Waals surface area contributed by atoms with Gasteiger partial charge in [-0.2, -0.15) is 0 Å². The Morgan fingerprint density at radius 1 is 1.03 bits per heavy atom. The van der Waals surface area contributed by atoms with Gasteiger partial charge in [0.05, 0.1) is 28.1 Å². The summed E-state index contributed by atoms with van der Waals surface area (Å²) in [5, 5.41) is 3.50. The molecule has 3 aromatic carbocycles. The van der Waals surface area contributed by atoms with E-state index in [-0.39, 0.29) is 23.0 Å². The van der Waals surface area contributed by atoms with Gasteiger partial charge in [0.15, 0.2) is 21.3 Å². The number of fused-ring (bicyclic) bond motifs is 1. The Morgan fingerprint density at radius 2 is 1.70 bits per heavy atom. The van der Waals surface area contributed by atoms with E-state index >= 15 is 0 Å². The number of amides is 1. The van der Waals surface area contributed by atoms with Gasteiger partial charge in [0.1, 0.15) is 5.75 Å². The first-order valence-corrected chi connectivity index (χ1v) is 14.1. The van der Waals surface area contributed by atoms with Crippen LogP contribution in [0.2, 0.25) is 5.02 Å². The Morgan fingerprint density at radius 3 is 2.32 bits per heavy atom. The molecule has 0 radical (unpaired) electrons. The molecule has 0 fully saturated rings. The van der Waals surface area contributed by atoms with Crippen molar-refractivity contribution in [1.82, 2.24) is 9.55 Å². The van der Waals surface area contributed by atoms with E-state index in [1.165, 1.54) is 12.1 Å². The van der Waals surface area contributed by atoms with Gasteiger partial charge in [-0.1, -0.05) is 30.7 Å². The van der Waals surface area contributed by atoms with E-state index in [4.69, 9.17) is 21.3 Å². The van der Waals surface area contributed by atoms with Crippen molar-refractivity contribution >= 4 is 44.1 Å². The van der Waals surface area contributed by atoms with Crippen LogP contribution in [0.4, 0.5) is 5.69 Å². The minimum Gasteiger partial charge on any atom is -0.480 e. The molecule has 0 aliphatic carbocycles. The number of halogens is 1. The van der Waals surface area contributed by atoms with Crippen LogP contribution in [-0.2, 0) is 33.2 Å². The largest absolute Gasteiger partial charge is 0.480 e. The maximum Gasteiger partial charge on any atom is 0.228 e. The molecule has 0 spiro atoms. The predicted molar refractivity (Wildman–Crippen MR) is 147 cm³/mol. The third kappa shape index (κ3) is 5.97. The summed E-state index contributed by atoms with van der Waals surface area (Å²) in [6.45, 7) is 8.34. The molecule has 4 aromatic rings. The van der Waals surface area contributed by atoms with Crippen molar-refractivity contribution in [3.8, 4) is 5.75 Å². The van der Waals surface area contributed by atoms with Gasteiger partial charge in [-0.15, -0.1) is 0 Å². The zero-order valence-electron chi connectivity index (χ0n) is 21.3. The summed E-state index contributed by atoms with van der Waals surface area (Å²) in [6, 6.07) is 19.2. The van der Waals surface area contributed by atoms with Gasteiger partial charge in [-0.05, 0) is 80.9 Å². The smallest absolute Gasteiger partial charge is 0.228 e. The first kappa shape index (κ1) is 26.7. The molecular formula is C28H30ClN3O4S. The van der Waals surface area contributed by atoms with Crippen LogP contribution in [0.15, 0.2) is 71.6 Å². The van der Waals surface area contributed by atoms with Crippen molar-refractivity contribution in [2.24, 2.45) is 0 Å². The average Bonchev–Trinajstić information content (AvgIpc) is 3.24. The highest BCUT2D eigenvalue weighted by atomic mass is 35.5. The van der Waals surface area contributed by atoms with Crippen molar-refractivity contribution in [1.29, 1.82) is 0 Å². The molecule has 0 aliphatic heterocycles. The Hall–Kier alpha value is -3.36. The first-order chi connectivity index (χ1) is 17.5. The number of aryl methyl sites for hydroxylation is 1. The molecule has 0 aliphatic rings. The molecule has 0 saturated carbocycles. The normalized spacial score (nSPS) is 12.0. The highest BCUT2D eigenvalue weighted by Gasteiger charge is 2.29. The Bertz CT molecular complexity index is 1530. The van der Waals surface area contributed by atoms with E-state index in [0.717, 1.165) is 29.0 Å². The molecule has 0 atom stereocenters. The number of aromatic nitrogens is 2. The van der Waals surface area contributed by atoms with Gasteiger partial charge in [0.2, 0.25) is 5.91 Å². The van der Waals surface area contributed by atoms with Crippen LogP contribution in [0.3, 0.4) is 0 Å². The van der Waals surface area contributed by atoms with Gasteiger partial charge in [-0.3, -0.25) is 4.79 Å². The van der Waals surface area contributed by atoms with Crippen molar-refractivity contribution in [2.45, 2.75) is 51.2 Å². The van der Waals surface area contributed by atoms with Crippen LogP contribution in [0.1, 0.15) is 39.1 Å². The number of nitrogens with zero attached hydrogens (tertiary/aromatic N) is 2. The zero-order valence-corrected chi connectivity index (χ0v) is 22.9. The van der Waals surface area contributed by atoms with Gasteiger partial charge in [0.25, 0.3) is 0 Å². The molecular weight excluding hydrogens is 510 g/mol. The monoisotopic (exact) mass is 539 g/mol. The van der Waals surface area contributed by atoms with Crippen molar-refractivity contribution < 1.29 is 17.9 Å². The zero-order chi connectivity index (χ0) is 26.8. The molecule has 0 unspecified atom stereocenters. The molecule has 37 heavy (non-hydrogen) atoms. The number of carbonyl (C=O) groups is 1. The fourth-order valence-electron chi connectivity index (χ4n) is 4.20. The highest BCUT2D eigenvalue weighted by Crippen LogP contribution is 2.31. The number of carbonyl (C=O) groups excluding carboxylic acids is 1. The van der Waals surface area contributed by atoms with E-state index in [1.54, 1.807) is 43.3 Å². The fourth-order valence-corrected chi connectivity index (χ4v) is 5.25. The summed E-state index contributed by atoms with van der Waals surface area (Å²) in [5.41, 5.74) is 2.47. The van der Waals surface area contributed by atoms with Crippen LogP contribution >= 0.6 is 11.6 Å². The second-order valence-electron chi connectivity index (χ2n) is 9.22. The second kappa shape index (κ2) is 10.6. The minimum absolute atomic E-state index is 0.0389. The molecule has 1 heterocycles. The van der Waals surface area contributed by atoms with Gasteiger partial charge < -0.3 is 14.6 Å². The molecule has 9 heteroatoms. The van der Waals surface area contributed by atoms with Crippen LogP contribution in [0.25, 0.3) is 11.0 Å². The van der Waals surface area contributed by atoms with E-state index in [2.05, 4.69) is 16.8 Å². The minimum atomic E-state index is -3.26. The summed E-state index contributed by atoms with van der Waals surface area (Å²) in [6.07, 6.45) is 0.134. The number of sulfone groups is 1. The molecule has 1 amide bonds. The van der Waals surface area contributed by atoms with Gasteiger partial charge in [-0.25, -0.2) is 13.4 Å². The summed E-state index contributed by atoms with van der Waals surface area (Å²) in [5.74, 6) is 1.28. The summed E-state index contributed by atoms with van der Waals surface area (Å²) in [4.78, 5) is 17.6. The van der Waals surface area contributed by atoms with Gasteiger partial charge in [0, 0.05) is 17.3 Å². The number of rotatable bonds is 9. The van der Waals surface area contributed by atoms with E-state index in [1.807, 2.05) is 32.0 Å². The van der Waals surface area contributed by atoms with Crippen LogP contribution in [0, 0.1) is 0 Å². The number of nitrogens with one attached hydrogen (secondary N) is 1. The lowest BCUT2D eigenvalue weighted by Gasteiger charge is -2.26. The van der Waals surface area contributed by atoms with Crippen molar-refractivity contribution in [2.75, 3.05) is 11.1 Å². The van der Waals surface area contributed by atoms with Crippen LogP contribution in [0.5, 0.6) is 5.75 Å². The third-order valence-corrected chi connectivity index (χ3v) is 8.09. The van der Waals surface area contributed by atoms with Crippen LogP contribution < -0.4 is 10.1 Å². The van der Waals surface area contributed by atoms with E-state index < -0.39 is 15.4 Å². The molecule has 1 N–H and O–H groups in total. The Kier molecular flexibility index (Phi) is 7.62. The maximum atomic E-state index is 12.5. The quantitative estimate of drug-likeness (QED) is 0.282. The fraction of sp³-hybridized carbons (Fsp3) is 0.286. The summed E-state index contributed by atoms with van der Waals surface area (Å²) in [7, 11) is -3.26. The highest BCUT2D eigenvalue weighted by molar-refractivity contribution is 7.91. The average molecular weight is 540 g/mol. The number of ether oxygens (including phenoxy) is 1. The third-order valence-electron chi connectivity index (χ3n) is 6.10. The second-order valence-corrected chi connectivity index (χ2v) is 11.9. The van der Waals surface area contributed by atoms with Crippen molar-refractivity contribution in [3.05, 3.63) is 83.1 Å². The predicted octanol–water partition coefficient (Wildman–Crippen LogP) is 6.00. The maximum absolute atomic E-state index is 12.5. The SMILES string of the molecule is CCn1c(C(C)(C)Oc2ccc(NC(=O)Cc3ccc(S(=O)(=O)CC)cc3)cc2)nc2cc(Cl)ccc21. The number of benzene rings is 3. The number of imidazole rings is 1. The molecule has 0 saturated heterocycles. The van der Waals surface area contributed by atoms with Crippen LogP contribution in [-0.4, -0.2) is 29.6 Å². The molecule has 0 bridgehead atoms. The standard InChI is InChI=1S/C28H30ClN3O4S/c1-5-32-25-16-9-20(29)18-24(25)31-27(32)28(3,4)36-22-12-10-21(11-13-22)30-26(33)17-19-7-14-23(15-8-19)37(34,35)6-2/h7-16,18H,5-6,17H2,1-4H3,(H,30,33). The van der Waals surface area contributed by atoms with E-state index in [0.29, 0.717) is 16.5 Å². The lowest BCUT2D eigenvalue weighted by atomic mass is 10.1. The molecule has 4 rings (SSSR count). The lowest BCUT2D eigenvalue weighted by molar-refractivity contribution is -0.115. The summed E-state index contributed by atoms with van der Waals surface area (Å²) < 4.78 is 32.3. The number of hydrogen-bond acceptors (Lipinski definition) is 5. The number of anilines is 1. The Balaban J connectivity index is 1.42. The summed E-state index contributed by atoms with van der Waals surface area (Å²) >= 11 is 6.16.